The third-order valence-corrected chi connectivity index (χ3v) is 2.28. The minimum Gasteiger partial charge on any atom is -0.461 e. The van der Waals surface area contributed by atoms with E-state index >= 15 is 0 Å². The van der Waals surface area contributed by atoms with Crippen molar-refractivity contribution in [1.82, 2.24) is 4.90 Å². The predicted molar refractivity (Wildman–Crippen MR) is 75.3 cm³/mol. The average molecular weight is 289 g/mol. The smallest absolute Gasteiger partial charge is 0.412 e. The maximum Gasteiger partial charge on any atom is 0.412 e. The molecule has 0 aromatic heterocycles. The molecule has 0 bridgehead atoms. The Morgan fingerprint density at radius 2 is 1.75 bits per heavy atom. The maximum atomic E-state index is 12.2. The van der Waals surface area contributed by atoms with Crippen molar-refractivity contribution >= 4 is 12.1 Å². The molecule has 1 atom stereocenters. The van der Waals surface area contributed by atoms with Gasteiger partial charge in [0.25, 0.3) is 0 Å². The molecule has 0 aromatic rings. The minimum atomic E-state index is -0.716. The Kier molecular flexibility index (Phi) is 7.57. The van der Waals surface area contributed by atoms with E-state index in [1.807, 2.05) is 0 Å². The molecule has 0 saturated carbocycles. The van der Waals surface area contributed by atoms with Crippen LogP contribution in [0, 0.1) is 0 Å². The summed E-state index contributed by atoms with van der Waals surface area (Å²) in [5.41, 5.74) is -0.636. The maximum absolute atomic E-state index is 12.2. The van der Waals surface area contributed by atoms with Crippen LogP contribution in [0.1, 0.15) is 48.0 Å². The summed E-state index contributed by atoms with van der Waals surface area (Å²) < 4.78 is 15.5. The highest BCUT2D eigenvalue weighted by molar-refractivity contribution is 5.81. The fourth-order valence-corrected chi connectivity index (χ4v) is 1.55. The lowest BCUT2D eigenvalue weighted by molar-refractivity contribution is -0.155. The van der Waals surface area contributed by atoms with E-state index in [1.54, 1.807) is 41.5 Å². The summed E-state index contributed by atoms with van der Waals surface area (Å²) in [6.07, 6.45) is -0.403. The number of ether oxygens (including phenoxy) is 3. The highest BCUT2D eigenvalue weighted by Gasteiger charge is 2.33. The summed E-state index contributed by atoms with van der Waals surface area (Å²) >= 11 is 0. The molecular formula is C14H27NO5. The quantitative estimate of drug-likeness (QED) is 0.555. The Labute approximate surface area is 121 Å². The van der Waals surface area contributed by atoms with Crippen molar-refractivity contribution in [3.63, 3.8) is 0 Å². The van der Waals surface area contributed by atoms with Crippen molar-refractivity contribution < 1.29 is 23.8 Å². The van der Waals surface area contributed by atoms with Crippen LogP contribution in [0.4, 0.5) is 4.79 Å². The number of nitrogens with zero attached hydrogens (tertiary/aromatic N) is 1. The summed E-state index contributed by atoms with van der Waals surface area (Å²) in [7, 11) is 1.46. The normalized spacial score (nSPS) is 13.0. The van der Waals surface area contributed by atoms with Crippen molar-refractivity contribution in [2.24, 2.45) is 0 Å². The number of hydrogen-bond donors (Lipinski definition) is 0. The Balaban J connectivity index is 5.01. The van der Waals surface area contributed by atoms with Gasteiger partial charge in [-0.25, -0.2) is 9.59 Å². The standard InChI is InChI=1S/C14H27NO5/c1-8-11(12(16)19-10(2)3)15(9-18-7)13(17)20-14(4,5)6/h10-11H,8-9H2,1-7H3/t11-/m0/s1. The molecule has 0 unspecified atom stereocenters. The van der Waals surface area contributed by atoms with Gasteiger partial charge in [-0.3, -0.25) is 4.90 Å². The summed E-state index contributed by atoms with van der Waals surface area (Å²) in [5.74, 6) is -0.453. The number of hydrogen-bond acceptors (Lipinski definition) is 5. The predicted octanol–water partition coefficient (Wildman–Crippen LogP) is 2.56. The van der Waals surface area contributed by atoms with Gasteiger partial charge in [-0.15, -0.1) is 0 Å². The summed E-state index contributed by atoms with van der Waals surface area (Å²) in [5, 5.41) is 0. The molecule has 0 fully saturated rings. The Hall–Kier alpha value is -1.30. The molecule has 20 heavy (non-hydrogen) atoms. The number of esters is 1. The van der Waals surface area contributed by atoms with Gasteiger partial charge in [0.15, 0.2) is 0 Å². The molecule has 0 aliphatic carbocycles. The van der Waals surface area contributed by atoms with Gasteiger partial charge in [0, 0.05) is 7.11 Å². The van der Waals surface area contributed by atoms with E-state index < -0.39 is 23.7 Å². The lowest BCUT2D eigenvalue weighted by Gasteiger charge is -2.31. The first kappa shape index (κ1) is 18.7. The first-order valence-electron chi connectivity index (χ1n) is 6.81. The first-order chi connectivity index (χ1) is 9.12. The van der Waals surface area contributed by atoms with Crippen molar-refractivity contribution in [3.8, 4) is 0 Å². The van der Waals surface area contributed by atoms with Gasteiger partial charge in [0.2, 0.25) is 0 Å². The van der Waals surface area contributed by atoms with E-state index in [4.69, 9.17) is 14.2 Å². The van der Waals surface area contributed by atoms with Gasteiger partial charge in [0.1, 0.15) is 18.4 Å². The van der Waals surface area contributed by atoms with E-state index in [0.29, 0.717) is 6.42 Å². The third kappa shape index (κ3) is 6.75. The van der Waals surface area contributed by atoms with Crippen LogP contribution >= 0.6 is 0 Å². The van der Waals surface area contributed by atoms with Gasteiger partial charge >= 0.3 is 12.1 Å². The van der Waals surface area contributed by atoms with E-state index in [1.165, 1.54) is 12.0 Å². The Bertz CT molecular complexity index is 322. The lowest BCUT2D eigenvalue weighted by Crippen LogP contribution is -2.48. The van der Waals surface area contributed by atoms with Gasteiger partial charge in [-0.05, 0) is 41.0 Å². The molecule has 0 saturated heterocycles. The van der Waals surface area contributed by atoms with Crippen LogP contribution in [0.5, 0.6) is 0 Å². The van der Waals surface area contributed by atoms with Crippen molar-refractivity contribution in [3.05, 3.63) is 0 Å². The zero-order valence-corrected chi connectivity index (χ0v) is 13.6. The fourth-order valence-electron chi connectivity index (χ4n) is 1.55. The summed E-state index contributed by atoms with van der Waals surface area (Å²) in [4.78, 5) is 25.4. The number of carbonyl (C=O) groups excluding carboxylic acids is 2. The molecule has 0 aromatic carbocycles. The summed E-state index contributed by atoms with van der Waals surface area (Å²) in [6.45, 7) is 10.6. The van der Waals surface area contributed by atoms with Crippen LogP contribution in [0.25, 0.3) is 0 Å². The van der Waals surface area contributed by atoms with Crippen LogP contribution < -0.4 is 0 Å². The second kappa shape index (κ2) is 8.09. The molecule has 0 radical (unpaired) electrons. The number of methoxy groups -OCH3 is 1. The Morgan fingerprint density at radius 3 is 2.10 bits per heavy atom. The molecule has 6 nitrogen and oxygen atoms in total. The average Bonchev–Trinajstić information content (AvgIpc) is 2.25. The van der Waals surface area contributed by atoms with Crippen molar-refractivity contribution in [2.45, 2.75) is 65.7 Å². The molecule has 0 heterocycles. The van der Waals surface area contributed by atoms with Gasteiger partial charge in [0.05, 0.1) is 6.10 Å². The molecule has 1 amide bonds. The van der Waals surface area contributed by atoms with Crippen LogP contribution in [-0.4, -0.2) is 48.5 Å². The molecule has 6 heteroatoms. The molecular weight excluding hydrogens is 262 g/mol. The minimum absolute atomic E-state index is 0.0272. The third-order valence-electron chi connectivity index (χ3n) is 2.28. The number of amides is 1. The largest absolute Gasteiger partial charge is 0.461 e. The lowest BCUT2D eigenvalue weighted by atomic mass is 10.2. The van der Waals surface area contributed by atoms with Crippen LogP contribution in [0.2, 0.25) is 0 Å². The highest BCUT2D eigenvalue weighted by Crippen LogP contribution is 2.15. The molecule has 0 rings (SSSR count). The van der Waals surface area contributed by atoms with E-state index in [0.717, 1.165) is 0 Å². The second-order valence-electron chi connectivity index (χ2n) is 5.78. The Morgan fingerprint density at radius 1 is 1.20 bits per heavy atom. The zero-order valence-electron chi connectivity index (χ0n) is 13.6. The topological polar surface area (TPSA) is 65.1 Å². The zero-order chi connectivity index (χ0) is 15.9. The van der Waals surface area contributed by atoms with E-state index in [9.17, 15) is 9.59 Å². The number of carbonyl (C=O) groups is 2. The van der Waals surface area contributed by atoms with E-state index in [-0.39, 0.29) is 12.8 Å². The van der Waals surface area contributed by atoms with Crippen molar-refractivity contribution in [1.29, 1.82) is 0 Å². The second-order valence-corrected chi connectivity index (χ2v) is 5.78. The fraction of sp³-hybridized carbons (Fsp3) is 0.857. The number of rotatable bonds is 6. The molecule has 0 aliphatic rings. The van der Waals surface area contributed by atoms with Crippen molar-refractivity contribution in [2.75, 3.05) is 13.8 Å². The van der Waals surface area contributed by atoms with Gasteiger partial charge in [-0.1, -0.05) is 6.92 Å². The van der Waals surface area contributed by atoms with Crippen LogP contribution in [0.15, 0.2) is 0 Å². The van der Waals surface area contributed by atoms with E-state index in [2.05, 4.69) is 0 Å². The van der Waals surface area contributed by atoms with Gasteiger partial charge < -0.3 is 14.2 Å². The molecule has 118 valence electrons. The molecule has 0 N–H and O–H groups in total. The highest BCUT2D eigenvalue weighted by atomic mass is 16.6. The summed E-state index contributed by atoms with van der Waals surface area (Å²) in [6, 6.07) is -0.716. The van der Waals surface area contributed by atoms with Gasteiger partial charge in [-0.2, -0.15) is 0 Å². The molecule has 0 aliphatic heterocycles. The SMILES string of the molecule is CC[C@@H](C(=O)OC(C)C)N(COC)C(=O)OC(C)(C)C. The monoisotopic (exact) mass is 289 g/mol. The first-order valence-corrected chi connectivity index (χ1v) is 6.81. The van der Waals surface area contributed by atoms with Crippen LogP contribution in [-0.2, 0) is 19.0 Å². The van der Waals surface area contributed by atoms with Crippen LogP contribution in [0.3, 0.4) is 0 Å². The molecule has 0 spiro atoms.